The Morgan fingerprint density at radius 3 is 2.64 bits per heavy atom. The topological polar surface area (TPSA) is 103 Å². The molecular weight excluding hydrogens is 382 g/mol. The molecule has 0 bridgehead atoms. The number of nitro benzene ring substituents is 1. The number of non-ortho nitro benzene ring substituents is 1. The minimum absolute atomic E-state index is 0.0840. The van der Waals surface area contributed by atoms with Crippen LogP contribution < -0.4 is 14.8 Å². The molecule has 0 unspecified atom stereocenters. The summed E-state index contributed by atoms with van der Waals surface area (Å²) >= 11 is 1.15. The van der Waals surface area contributed by atoms with Crippen LogP contribution in [0.15, 0.2) is 52.4 Å². The van der Waals surface area contributed by atoms with Gasteiger partial charge >= 0.3 is 0 Å². The summed E-state index contributed by atoms with van der Waals surface area (Å²) in [6.07, 6.45) is 1.55. The van der Waals surface area contributed by atoms with Crippen LogP contribution in [0.2, 0.25) is 0 Å². The molecule has 1 fully saturated rings. The summed E-state index contributed by atoms with van der Waals surface area (Å²) in [5.41, 5.74) is 1.02. The van der Waals surface area contributed by atoms with Crippen LogP contribution in [0.4, 0.5) is 11.4 Å². The molecule has 0 radical (unpaired) electrons. The van der Waals surface area contributed by atoms with Gasteiger partial charge in [-0.1, -0.05) is 0 Å². The number of nitrogens with one attached hydrogen (secondary N) is 1. The number of hydrogen-bond donors (Lipinski definition) is 1. The molecule has 1 saturated heterocycles. The molecule has 1 heterocycles. The molecule has 144 valence electrons. The minimum Gasteiger partial charge on any atom is -0.496 e. The lowest BCUT2D eigenvalue weighted by Crippen LogP contribution is -2.19. The van der Waals surface area contributed by atoms with Gasteiger partial charge < -0.3 is 14.8 Å². The van der Waals surface area contributed by atoms with E-state index in [1.54, 1.807) is 30.3 Å². The summed E-state index contributed by atoms with van der Waals surface area (Å²) in [7, 11) is 1.46. The molecule has 8 nitrogen and oxygen atoms in total. The smallest absolute Gasteiger partial charge is 0.270 e. The van der Waals surface area contributed by atoms with Gasteiger partial charge in [-0.05, 0) is 55.1 Å². The van der Waals surface area contributed by atoms with Crippen LogP contribution in [0.25, 0.3) is 6.08 Å². The third kappa shape index (κ3) is 4.49. The van der Waals surface area contributed by atoms with Gasteiger partial charge in [0.05, 0.1) is 29.2 Å². The van der Waals surface area contributed by atoms with Crippen molar-refractivity contribution in [2.75, 3.05) is 13.7 Å². The lowest BCUT2D eigenvalue weighted by atomic mass is 10.1. The molecule has 3 rings (SSSR count). The summed E-state index contributed by atoms with van der Waals surface area (Å²) in [6, 6.07) is 11.4. The highest BCUT2D eigenvalue weighted by Crippen LogP contribution is 2.32. The number of thioether (sulfide) groups is 1. The summed E-state index contributed by atoms with van der Waals surface area (Å²) < 4.78 is 10.6. The van der Waals surface area contributed by atoms with Crippen molar-refractivity contribution in [3.05, 3.63) is 63.0 Å². The zero-order chi connectivity index (χ0) is 20.1. The zero-order valence-electron chi connectivity index (χ0n) is 15.2. The molecule has 0 atom stereocenters. The summed E-state index contributed by atoms with van der Waals surface area (Å²) in [4.78, 5) is 27.5. The molecular formula is C19H17N3O5S. The number of methoxy groups -OCH3 is 1. The number of nitrogens with zero attached hydrogens (tertiary/aromatic N) is 2. The molecule has 0 aromatic heterocycles. The van der Waals surface area contributed by atoms with E-state index >= 15 is 0 Å². The number of aliphatic imine (C=N–C) groups is 1. The first kappa shape index (κ1) is 19.4. The van der Waals surface area contributed by atoms with Crippen molar-refractivity contribution in [1.82, 2.24) is 5.32 Å². The van der Waals surface area contributed by atoms with E-state index in [2.05, 4.69) is 10.3 Å². The number of ether oxygens (including phenoxy) is 2. The van der Waals surface area contributed by atoms with Gasteiger partial charge in [0.2, 0.25) is 0 Å². The van der Waals surface area contributed by atoms with Crippen molar-refractivity contribution in [3.8, 4) is 11.5 Å². The van der Waals surface area contributed by atoms with Gasteiger partial charge in [-0.2, -0.15) is 0 Å². The van der Waals surface area contributed by atoms with Crippen LogP contribution in [0, 0.1) is 10.1 Å². The van der Waals surface area contributed by atoms with Gasteiger partial charge in [-0.25, -0.2) is 4.99 Å². The average Bonchev–Trinajstić information content (AvgIpc) is 3.02. The Labute approximate surface area is 165 Å². The Morgan fingerprint density at radius 1 is 1.25 bits per heavy atom. The van der Waals surface area contributed by atoms with Crippen LogP contribution in [0.1, 0.15) is 12.5 Å². The predicted octanol–water partition coefficient (Wildman–Crippen LogP) is 3.89. The third-order valence-electron chi connectivity index (χ3n) is 3.74. The van der Waals surface area contributed by atoms with Crippen LogP contribution in [0.5, 0.6) is 11.5 Å². The number of hydrogen-bond acceptors (Lipinski definition) is 7. The summed E-state index contributed by atoms with van der Waals surface area (Å²) in [5.74, 6) is 0.847. The van der Waals surface area contributed by atoms with E-state index in [1.807, 2.05) is 6.92 Å². The van der Waals surface area contributed by atoms with Crippen molar-refractivity contribution in [2.45, 2.75) is 6.92 Å². The molecule has 1 aliphatic heterocycles. The monoisotopic (exact) mass is 399 g/mol. The van der Waals surface area contributed by atoms with Crippen molar-refractivity contribution >= 4 is 40.3 Å². The Balaban J connectivity index is 1.84. The van der Waals surface area contributed by atoms with Crippen LogP contribution in [-0.4, -0.2) is 29.7 Å². The van der Waals surface area contributed by atoms with E-state index in [0.717, 1.165) is 17.5 Å². The Kier molecular flexibility index (Phi) is 5.95. The fraction of sp³-hybridized carbons (Fsp3) is 0.158. The SMILES string of the molecule is CCOc1ccc(N=C2NC(=O)C(=Cc3cc([N+](=O)[O-])ccc3OC)S2)cc1. The van der Waals surface area contributed by atoms with E-state index in [-0.39, 0.29) is 11.6 Å². The van der Waals surface area contributed by atoms with Crippen molar-refractivity contribution in [2.24, 2.45) is 4.99 Å². The zero-order valence-corrected chi connectivity index (χ0v) is 16.0. The second-order valence-electron chi connectivity index (χ2n) is 5.59. The second kappa shape index (κ2) is 8.57. The number of carbonyl (C=O) groups excluding carboxylic acids is 1. The standard InChI is InChI=1S/C19H17N3O5S/c1-3-27-15-7-4-13(5-8-15)20-19-21-18(23)17(28-19)11-12-10-14(22(24)25)6-9-16(12)26-2/h4-11H,3H2,1-2H3,(H,20,21,23). The van der Waals surface area contributed by atoms with Crippen molar-refractivity contribution in [1.29, 1.82) is 0 Å². The largest absolute Gasteiger partial charge is 0.496 e. The van der Waals surface area contributed by atoms with Gasteiger partial charge in [0, 0.05) is 17.7 Å². The van der Waals surface area contributed by atoms with E-state index in [4.69, 9.17) is 9.47 Å². The fourth-order valence-electron chi connectivity index (χ4n) is 2.47. The van der Waals surface area contributed by atoms with E-state index in [9.17, 15) is 14.9 Å². The lowest BCUT2D eigenvalue weighted by Gasteiger charge is -2.04. The van der Waals surface area contributed by atoms with Crippen LogP contribution in [0.3, 0.4) is 0 Å². The van der Waals surface area contributed by atoms with Gasteiger partial charge in [-0.3, -0.25) is 14.9 Å². The molecule has 2 aromatic rings. The summed E-state index contributed by atoms with van der Waals surface area (Å²) in [6.45, 7) is 2.48. The first-order chi connectivity index (χ1) is 13.5. The Morgan fingerprint density at radius 2 is 2.00 bits per heavy atom. The van der Waals surface area contributed by atoms with E-state index < -0.39 is 4.92 Å². The van der Waals surface area contributed by atoms with Crippen molar-refractivity contribution < 1.29 is 19.2 Å². The average molecular weight is 399 g/mol. The maximum absolute atomic E-state index is 12.3. The fourth-order valence-corrected chi connectivity index (χ4v) is 3.30. The number of amidine groups is 1. The predicted molar refractivity (Wildman–Crippen MR) is 108 cm³/mol. The molecule has 1 N–H and O–H groups in total. The van der Waals surface area contributed by atoms with Gasteiger partial charge in [0.15, 0.2) is 5.17 Å². The van der Waals surface area contributed by atoms with E-state index in [0.29, 0.717) is 33.7 Å². The van der Waals surface area contributed by atoms with Crippen molar-refractivity contribution in [3.63, 3.8) is 0 Å². The molecule has 0 aliphatic carbocycles. The molecule has 9 heteroatoms. The minimum atomic E-state index is -0.498. The third-order valence-corrected chi connectivity index (χ3v) is 4.65. The van der Waals surface area contributed by atoms with Crippen LogP contribution >= 0.6 is 11.8 Å². The number of nitro groups is 1. The number of amides is 1. The van der Waals surface area contributed by atoms with E-state index in [1.165, 1.54) is 25.3 Å². The quantitative estimate of drug-likeness (QED) is 0.449. The van der Waals surface area contributed by atoms with Crippen LogP contribution in [-0.2, 0) is 4.79 Å². The summed E-state index contributed by atoms with van der Waals surface area (Å²) in [5, 5.41) is 14.1. The first-order valence-corrected chi connectivity index (χ1v) is 9.16. The number of benzene rings is 2. The molecule has 1 aliphatic rings. The molecule has 0 spiro atoms. The Bertz CT molecular complexity index is 970. The highest BCUT2D eigenvalue weighted by Gasteiger charge is 2.24. The molecule has 1 amide bonds. The normalized spacial score (nSPS) is 16.3. The maximum atomic E-state index is 12.3. The lowest BCUT2D eigenvalue weighted by molar-refractivity contribution is -0.384. The molecule has 28 heavy (non-hydrogen) atoms. The van der Waals surface area contributed by atoms with Gasteiger partial charge in [0.1, 0.15) is 11.5 Å². The Hall–Kier alpha value is -3.33. The highest BCUT2D eigenvalue weighted by atomic mass is 32.2. The second-order valence-corrected chi connectivity index (χ2v) is 6.62. The molecule has 0 saturated carbocycles. The maximum Gasteiger partial charge on any atom is 0.270 e. The first-order valence-electron chi connectivity index (χ1n) is 8.35. The van der Waals surface area contributed by atoms with Gasteiger partial charge in [0.25, 0.3) is 11.6 Å². The van der Waals surface area contributed by atoms with Gasteiger partial charge in [-0.15, -0.1) is 0 Å². The molecule has 2 aromatic carbocycles. The highest BCUT2D eigenvalue weighted by molar-refractivity contribution is 8.18. The number of carbonyl (C=O) groups is 1. The number of rotatable bonds is 6.